The zero-order valence-electron chi connectivity index (χ0n) is 11.1. The van der Waals surface area contributed by atoms with Gasteiger partial charge in [-0.25, -0.2) is 8.91 Å². The summed E-state index contributed by atoms with van der Waals surface area (Å²) in [7, 11) is 0. The van der Waals surface area contributed by atoms with Crippen LogP contribution in [0, 0.1) is 12.7 Å². The largest absolute Gasteiger partial charge is 0.324 e. The van der Waals surface area contributed by atoms with Crippen LogP contribution in [0.5, 0.6) is 0 Å². The van der Waals surface area contributed by atoms with Crippen LogP contribution in [-0.2, 0) is 6.42 Å². The van der Waals surface area contributed by atoms with Gasteiger partial charge >= 0.3 is 0 Å². The molecule has 0 saturated carbocycles. The predicted molar refractivity (Wildman–Crippen MR) is 74.8 cm³/mol. The number of aromatic nitrogens is 3. The molecule has 0 saturated heterocycles. The molecule has 0 aliphatic heterocycles. The lowest BCUT2D eigenvalue weighted by atomic mass is 9.97. The van der Waals surface area contributed by atoms with Gasteiger partial charge in [0.2, 0.25) is 0 Å². The van der Waals surface area contributed by atoms with E-state index in [1.165, 1.54) is 6.07 Å². The van der Waals surface area contributed by atoms with Crippen molar-refractivity contribution < 1.29 is 4.39 Å². The van der Waals surface area contributed by atoms with Gasteiger partial charge in [0.05, 0.1) is 17.9 Å². The number of nitrogens with zero attached hydrogens (tertiary/aromatic N) is 3. The summed E-state index contributed by atoms with van der Waals surface area (Å²) in [5, 5.41) is 4.24. The Hall–Kier alpha value is -2.27. The number of benzene rings is 1. The minimum Gasteiger partial charge on any atom is -0.324 e. The number of halogens is 1. The van der Waals surface area contributed by atoms with Crippen molar-refractivity contribution >= 4 is 5.52 Å². The minimum absolute atomic E-state index is 0.237. The second-order valence-corrected chi connectivity index (χ2v) is 4.89. The normalized spacial score (nSPS) is 12.8. The van der Waals surface area contributed by atoms with Crippen molar-refractivity contribution in [1.29, 1.82) is 0 Å². The van der Waals surface area contributed by atoms with Crippen LogP contribution in [0.4, 0.5) is 4.39 Å². The van der Waals surface area contributed by atoms with Gasteiger partial charge in [0.1, 0.15) is 5.82 Å². The average Bonchev–Trinajstić information content (AvgIpc) is 2.87. The number of fused-ring (bicyclic) bond motifs is 1. The quantitative estimate of drug-likeness (QED) is 0.795. The maximum Gasteiger partial charge on any atom is 0.123 e. The number of rotatable bonds is 3. The first-order valence-corrected chi connectivity index (χ1v) is 6.43. The van der Waals surface area contributed by atoms with Crippen LogP contribution in [0.15, 0.2) is 43.0 Å². The van der Waals surface area contributed by atoms with Gasteiger partial charge in [-0.3, -0.25) is 4.98 Å². The number of hydrogen-bond donors (Lipinski definition) is 1. The maximum atomic E-state index is 13.3. The van der Waals surface area contributed by atoms with E-state index >= 15 is 0 Å². The highest BCUT2D eigenvalue weighted by Gasteiger charge is 2.14. The van der Waals surface area contributed by atoms with Crippen molar-refractivity contribution in [2.75, 3.05) is 0 Å². The molecular formula is C15H15FN4. The molecule has 0 aliphatic rings. The molecule has 1 atom stereocenters. The molecule has 1 unspecified atom stereocenters. The van der Waals surface area contributed by atoms with Crippen LogP contribution in [0.2, 0.25) is 0 Å². The monoisotopic (exact) mass is 270 g/mol. The summed E-state index contributed by atoms with van der Waals surface area (Å²) in [5.74, 6) is -0.237. The third-order valence-corrected chi connectivity index (χ3v) is 3.51. The van der Waals surface area contributed by atoms with Crippen molar-refractivity contribution in [3.05, 3.63) is 65.5 Å². The molecule has 2 aromatic heterocycles. The second-order valence-electron chi connectivity index (χ2n) is 4.89. The Morgan fingerprint density at radius 3 is 3.05 bits per heavy atom. The van der Waals surface area contributed by atoms with Gasteiger partial charge in [0, 0.05) is 24.0 Å². The molecule has 102 valence electrons. The van der Waals surface area contributed by atoms with Crippen molar-refractivity contribution in [3.8, 4) is 0 Å². The molecule has 0 bridgehead atoms. The fraction of sp³-hybridized carbons (Fsp3) is 0.200. The highest BCUT2D eigenvalue weighted by Crippen LogP contribution is 2.22. The van der Waals surface area contributed by atoms with Crippen molar-refractivity contribution in [2.45, 2.75) is 19.4 Å². The SMILES string of the molecule is Cc1ccc(F)cc1CC(N)c1cnn2ccncc12. The molecule has 0 aliphatic carbocycles. The number of hydrogen-bond acceptors (Lipinski definition) is 3. The third kappa shape index (κ3) is 2.28. The van der Waals surface area contributed by atoms with E-state index in [-0.39, 0.29) is 11.9 Å². The zero-order valence-corrected chi connectivity index (χ0v) is 11.1. The van der Waals surface area contributed by atoms with Crippen LogP contribution >= 0.6 is 0 Å². The molecule has 5 heteroatoms. The smallest absolute Gasteiger partial charge is 0.123 e. The van der Waals surface area contributed by atoms with E-state index in [1.807, 2.05) is 6.92 Å². The van der Waals surface area contributed by atoms with Gasteiger partial charge in [-0.1, -0.05) is 6.07 Å². The van der Waals surface area contributed by atoms with Crippen LogP contribution < -0.4 is 5.73 Å². The fourth-order valence-corrected chi connectivity index (χ4v) is 2.35. The molecular weight excluding hydrogens is 255 g/mol. The molecule has 4 nitrogen and oxygen atoms in total. The van der Waals surface area contributed by atoms with Crippen molar-refractivity contribution in [1.82, 2.24) is 14.6 Å². The lowest BCUT2D eigenvalue weighted by Gasteiger charge is -2.12. The predicted octanol–water partition coefficient (Wildman–Crippen LogP) is 2.42. The molecule has 2 N–H and O–H groups in total. The van der Waals surface area contributed by atoms with E-state index < -0.39 is 0 Å². The van der Waals surface area contributed by atoms with E-state index in [4.69, 9.17) is 5.73 Å². The second kappa shape index (κ2) is 5.02. The van der Waals surface area contributed by atoms with E-state index in [2.05, 4.69) is 10.1 Å². The molecule has 2 heterocycles. The summed E-state index contributed by atoms with van der Waals surface area (Å²) < 4.78 is 15.1. The Kier molecular flexibility index (Phi) is 3.20. The topological polar surface area (TPSA) is 56.2 Å². The third-order valence-electron chi connectivity index (χ3n) is 3.51. The molecule has 0 fully saturated rings. The van der Waals surface area contributed by atoms with Gasteiger partial charge in [-0.05, 0) is 36.6 Å². The van der Waals surface area contributed by atoms with E-state index in [0.717, 1.165) is 22.2 Å². The average molecular weight is 270 g/mol. The molecule has 20 heavy (non-hydrogen) atoms. The highest BCUT2D eigenvalue weighted by molar-refractivity contribution is 5.53. The minimum atomic E-state index is -0.239. The van der Waals surface area contributed by atoms with Gasteiger partial charge in [-0.15, -0.1) is 0 Å². The Labute approximate surface area is 116 Å². The van der Waals surface area contributed by atoms with Gasteiger partial charge in [0.15, 0.2) is 0 Å². The summed E-state index contributed by atoms with van der Waals surface area (Å²) in [6.07, 6.45) is 7.50. The fourth-order valence-electron chi connectivity index (χ4n) is 2.35. The van der Waals surface area contributed by atoms with Crippen molar-refractivity contribution in [3.63, 3.8) is 0 Å². The molecule has 0 spiro atoms. The number of nitrogens with two attached hydrogens (primary N) is 1. The summed E-state index contributed by atoms with van der Waals surface area (Å²) in [6, 6.07) is 4.54. The summed E-state index contributed by atoms with van der Waals surface area (Å²) in [5.41, 5.74) is 10.0. The van der Waals surface area contributed by atoms with Gasteiger partial charge in [0.25, 0.3) is 0 Å². The Balaban J connectivity index is 1.93. The lowest BCUT2D eigenvalue weighted by molar-refractivity contribution is 0.621. The summed E-state index contributed by atoms with van der Waals surface area (Å²) >= 11 is 0. The Bertz CT molecular complexity index is 750. The lowest BCUT2D eigenvalue weighted by Crippen LogP contribution is -2.14. The summed E-state index contributed by atoms with van der Waals surface area (Å²) in [6.45, 7) is 1.96. The molecule has 3 aromatic rings. The Morgan fingerprint density at radius 2 is 2.20 bits per heavy atom. The molecule has 0 radical (unpaired) electrons. The van der Waals surface area contributed by atoms with E-state index in [1.54, 1.807) is 41.4 Å². The van der Waals surface area contributed by atoms with Crippen LogP contribution in [-0.4, -0.2) is 14.6 Å². The maximum absolute atomic E-state index is 13.3. The molecule has 0 amide bonds. The Morgan fingerprint density at radius 1 is 1.35 bits per heavy atom. The van der Waals surface area contributed by atoms with Gasteiger partial charge < -0.3 is 5.73 Å². The standard InChI is InChI=1S/C15H15FN4/c1-10-2-3-12(16)6-11(10)7-14(17)13-8-19-20-5-4-18-9-15(13)20/h2-6,8-9,14H,7,17H2,1H3. The number of aryl methyl sites for hydroxylation is 1. The van der Waals surface area contributed by atoms with Crippen molar-refractivity contribution in [2.24, 2.45) is 5.73 Å². The first-order valence-electron chi connectivity index (χ1n) is 6.43. The van der Waals surface area contributed by atoms with Crippen LogP contribution in [0.1, 0.15) is 22.7 Å². The molecule has 1 aromatic carbocycles. The first kappa shape index (κ1) is 12.7. The zero-order chi connectivity index (χ0) is 14.1. The van der Waals surface area contributed by atoms with E-state index in [9.17, 15) is 4.39 Å². The van der Waals surface area contributed by atoms with Gasteiger partial charge in [-0.2, -0.15) is 5.10 Å². The van der Waals surface area contributed by atoms with E-state index in [0.29, 0.717) is 6.42 Å². The molecule has 3 rings (SSSR count). The van der Waals surface area contributed by atoms with Crippen LogP contribution in [0.3, 0.4) is 0 Å². The summed E-state index contributed by atoms with van der Waals surface area (Å²) in [4.78, 5) is 4.09. The van der Waals surface area contributed by atoms with Crippen LogP contribution in [0.25, 0.3) is 5.52 Å². The first-order chi connectivity index (χ1) is 9.65. The highest BCUT2D eigenvalue weighted by atomic mass is 19.1.